The first-order chi connectivity index (χ1) is 12.3. The molecule has 1 aromatic carbocycles. The lowest BCUT2D eigenvalue weighted by Gasteiger charge is -2.51. The van der Waals surface area contributed by atoms with Crippen molar-refractivity contribution in [1.82, 2.24) is 0 Å². The quantitative estimate of drug-likeness (QED) is 0.440. The number of carbonyl (C=O) groups excluding carboxylic acids is 1. The highest BCUT2D eigenvalue weighted by Crippen LogP contribution is 2.69. The second kappa shape index (κ2) is 6.19. The number of carbonyl (C=O) groups is 1. The Bertz CT molecular complexity index is 797. The minimum atomic E-state index is -7.38. The van der Waals surface area contributed by atoms with Crippen LogP contribution < -0.4 is 5.32 Å². The van der Waals surface area contributed by atoms with Gasteiger partial charge >= 0.3 is 35.3 Å². The first kappa shape index (κ1) is 23.2. The normalized spacial score (nSPS) is 25.8. The van der Waals surface area contributed by atoms with Crippen molar-refractivity contribution in [2.24, 2.45) is 0 Å². The van der Waals surface area contributed by atoms with Crippen molar-refractivity contribution >= 4 is 43.5 Å². The van der Waals surface area contributed by atoms with Gasteiger partial charge in [0, 0.05) is 8.95 Å². The molecular formula is C13H4Br2F11NO. The summed E-state index contributed by atoms with van der Waals surface area (Å²) in [5.74, 6) is -39.9. The van der Waals surface area contributed by atoms with E-state index in [1.165, 1.54) is 6.07 Å². The molecule has 0 heterocycles. The maximum atomic E-state index is 14.5. The predicted octanol–water partition coefficient (Wildman–Crippen LogP) is 6.05. The van der Waals surface area contributed by atoms with Gasteiger partial charge in [0.1, 0.15) is 0 Å². The molecule has 0 unspecified atom stereocenters. The van der Waals surface area contributed by atoms with E-state index in [1.54, 1.807) is 0 Å². The number of benzene rings is 1. The zero-order chi connectivity index (χ0) is 22.1. The largest absolute Gasteiger partial charge is 0.384 e. The monoisotopic (exact) mass is 557 g/mol. The van der Waals surface area contributed by atoms with Crippen LogP contribution in [0.5, 0.6) is 0 Å². The minimum absolute atomic E-state index is 0.0308. The van der Waals surface area contributed by atoms with Crippen LogP contribution in [0.4, 0.5) is 54.0 Å². The molecule has 0 aliphatic heterocycles. The van der Waals surface area contributed by atoms with Crippen LogP contribution in [-0.2, 0) is 4.79 Å². The summed E-state index contributed by atoms with van der Waals surface area (Å²) in [6, 6.07) is 3.05. The molecule has 0 bridgehead atoms. The number of alkyl halides is 11. The first-order valence-corrected chi connectivity index (χ1v) is 8.23. The van der Waals surface area contributed by atoms with Gasteiger partial charge in [0.15, 0.2) is 0 Å². The van der Waals surface area contributed by atoms with Crippen LogP contribution >= 0.6 is 31.9 Å². The third-order valence-corrected chi connectivity index (χ3v) is 5.12. The number of hydrogen-bond donors (Lipinski definition) is 1. The van der Waals surface area contributed by atoms with E-state index in [4.69, 9.17) is 0 Å². The SMILES string of the molecule is O=C(Nc1cc(Br)ccc1Br)C1(F)C(F)(F)C(F)(F)C(F)(F)C(F)(F)C1(F)F. The lowest BCUT2D eigenvalue weighted by Crippen LogP contribution is -2.86. The molecule has 1 aliphatic rings. The fourth-order valence-corrected chi connectivity index (χ4v) is 3.02. The molecule has 15 heteroatoms. The fraction of sp³-hybridized carbons (Fsp3) is 0.462. The lowest BCUT2D eigenvalue weighted by atomic mass is 9.71. The Kier molecular flexibility index (Phi) is 5.12. The van der Waals surface area contributed by atoms with Crippen LogP contribution in [0.15, 0.2) is 27.1 Å². The van der Waals surface area contributed by atoms with E-state index in [0.717, 1.165) is 17.4 Å². The van der Waals surface area contributed by atoms with Crippen LogP contribution in [0, 0.1) is 0 Å². The van der Waals surface area contributed by atoms with E-state index in [-0.39, 0.29) is 8.95 Å². The van der Waals surface area contributed by atoms with Crippen molar-refractivity contribution in [3.63, 3.8) is 0 Å². The van der Waals surface area contributed by atoms with E-state index >= 15 is 0 Å². The standard InChI is InChI=1S/C13H4Br2F11NO/c14-4-1-2-5(15)6(3-4)27-7(28)8(16)9(17,18)11(21,22)13(25,26)12(23,24)10(8,19)20/h1-3H,(H,27,28). The van der Waals surface area contributed by atoms with Crippen molar-refractivity contribution < 1.29 is 53.1 Å². The van der Waals surface area contributed by atoms with Crippen molar-refractivity contribution in [2.75, 3.05) is 5.32 Å². The van der Waals surface area contributed by atoms with Crippen molar-refractivity contribution in [1.29, 1.82) is 0 Å². The van der Waals surface area contributed by atoms with E-state index in [1.807, 2.05) is 0 Å². The Hall–Kier alpha value is -1.12. The van der Waals surface area contributed by atoms with Crippen molar-refractivity contribution in [3.8, 4) is 0 Å². The average molecular weight is 559 g/mol. The molecular weight excluding hydrogens is 555 g/mol. The molecule has 1 saturated carbocycles. The molecule has 2 rings (SSSR count). The summed E-state index contributed by atoms with van der Waals surface area (Å²) >= 11 is 5.46. The highest BCUT2D eigenvalue weighted by molar-refractivity contribution is 9.11. The molecule has 1 amide bonds. The van der Waals surface area contributed by atoms with Gasteiger partial charge in [-0.2, -0.15) is 43.9 Å². The lowest BCUT2D eigenvalue weighted by molar-refractivity contribution is -0.475. The molecule has 1 aliphatic carbocycles. The van der Waals surface area contributed by atoms with Crippen molar-refractivity contribution in [3.05, 3.63) is 27.1 Å². The number of anilines is 1. The highest BCUT2D eigenvalue weighted by Gasteiger charge is 3.02. The summed E-state index contributed by atoms with van der Waals surface area (Å²) in [7, 11) is 0. The van der Waals surface area contributed by atoms with E-state index in [2.05, 4.69) is 31.9 Å². The van der Waals surface area contributed by atoms with Crippen LogP contribution in [0.1, 0.15) is 0 Å². The second-order valence-corrected chi connectivity index (χ2v) is 7.38. The topological polar surface area (TPSA) is 29.1 Å². The Morgan fingerprint density at radius 2 is 1.11 bits per heavy atom. The Morgan fingerprint density at radius 3 is 1.54 bits per heavy atom. The maximum Gasteiger partial charge on any atom is 0.384 e. The maximum absolute atomic E-state index is 14.5. The molecule has 0 atom stereocenters. The number of halogens is 13. The van der Waals surface area contributed by atoms with Gasteiger partial charge in [0.25, 0.3) is 5.91 Å². The summed E-state index contributed by atoms with van der Waals surface area (Å²) in [6.45, 7) is 0. The summed E-state index contributed by atoms with van der Waals surface area (Å²) in [4.78, 5) is 11.8. The minimum Gasteiger partial charge on any atom is -0.322 e. The molecule has 1 N–H and O–H groups in total. The van der Waals surface area contributed by atoms with Gasteiger partial charge in [-0.3, -0.25) is 4.79 Å². The van der Waals surface area contributed by atoms with Gasteiger partial charge in [-0.15, -0.1) is 0 Å². The van der Waals surface area contributed by atoms with E-state index in [9.17, 15) is 53.1 Å². The molecule has 1 fully saturated rings. The van der Waals surface area contributed by atoms with Gasteiger partial charge in [-0.1, -0.05) is 15.9 Å². The predicted molar refractivity (Wildman–Crippen MR) is 79.0 cm³/mol. The Balaban J connectivity index is 2.71. The van der Waals surface area contributed by atoms with Crippen LogP contribution in [-0.4, -0.2) is 41.2 Å². The van der Waals surface area contributed by atoms with Gasteiger partial charge in [0.2, 0.25) is 0 Å². The molecule has 1 aromatic rings. The van der Waals surface area contributed by atoms with Gasteiger partial charge in [0.05, 0.1) is 5.69 Å². The van der Waals surface area contributed by atoms with Gasteiger partial charge < -0.3 is 5.32 Å². The average Bonchev–Trinajstić information content (AvgIpc) is 2.55. The summed E-state index contributed by atoms with van der Waals surface area (Å²) < 4.78 is 149. The summed E-state index contributed by atoms with van der Waals surface area (Å²) in [5, 5.41) is 1.01. The molecule has 0 aromatic heterocycles. The number of hydrogen-bond acceptors (Lipinski definition) is 1. The Labute approximate surface area is 164 Å². The first-order valence-electron chi connectivity index (χ1n) is 6.65. The molecule has 0 spiro atoms. The second-order valence-electron chi connectivity index (χ2n) is 5.61. The zero-order valence-corrected chi connectivity index (χ0v) is 15.7. The van der Waals surface area contributed by atoms with Crippen LogP contribution in [0.2, 0.25) is 0 Å². The van der Waals surface area contributed by atoms with Crippen LogP contribution in [0.25, 0.3) is 0 Å². The highest BCUT2D eigenvalue weighted by atomic mass is 79.9. The van der Waals surface area contributed by atoms with Crippen molar-refractivity contribution in [2.45, 2.75) is 35.3 Å². The fourth-order valence-electron chi connectivity index (χ4n) is 2.31. The molecule has 0 radical (unpaired) electrons. The van der Waals surface area contributed by atoms with Crippen LogP contribution in [0.3, 0.4) is 0 Å². The number of rotatable bonds is 2. The molecule has 0 saturated heterocycles. The third kappa shape index (κ3) is 2.46. The molecule has 28 heavy (non-hydrogen) atoms. The third-order valence-electron chi connectivity index (χ3n) is 3.93. The summed E-state index contributed by atoms with van der Waals surface area (Å²) in [6.07, 6.45) is 0. The molecule has 158 valence electrons. The molecule has 2 nitrogen and oxygen atoms in total. The van der Waals surface area contributed by atoms with E-state index in [0.29, 0.717) is 0 Å². The smallest absolute Gasteiger partial charge is 0.322 e. The number of amides is 1. The number of nitrogens with one attached hydrogen (secondary N) is 1. The Morgan fingerprint density at radius 1 is 0.714 bits per heavy atom. The zero-order valence-electron chi connectivity index (χ0n) is 12.6. The van der Waals surface area contributed by atoms with Gasteiger partial charge in [-0.25, -0.2) is 4.39 Å². The van der Waals surface area contributed by atoms with E-state index < -0.39 is 46.9 Å². The van der Waals surface area contributed by atoms with Gasteiger partial charge in [-0.05, 0) is 34.1 Å². The summed E-state index contributed by atoms with van der Waals surface area (Å²) in [5.41, 5.74) is -7.52.